The number of hydrogen-bond acceptors (Lipinski definition) is 6. The number of likely N-dealkylation sites (N-methyl/N-ethyl adjacent to an activating group) is 1. The Morgan fingerprint density at radius 1 is 1.21 bits per heavy atom. The Kier molecular flexibility index (Phi) is 11.4. The fourth-order valence-corrected chi connectivity index (χ4v) is 5.62. The lowest BCUT2D eigenvalue weighted by Crippen LogP contribution is -2.49. The molecular weight excluding hydrogens is 436 g/mol. The first-order valence-corrected chi connectivity index (χ1v) is 13.2. The van der Waals surface area contributed by atoms with E-state index >= 15 is 0 Å². The highest BCUT2D eigenvalue weighted by Gasteiger charge is 2.31. The number of anilines is 2. The molecule has 0 saturated heterocycles. The van der Waals surface area contributed by atoms with Crippen molar-refractivity contribution in [1.29, 1.82) is 0 Å². The molecule has 0 aliphatic heterocycles. The summed E-state index contributed by atoms with van der Waals surface area (Å²) in [5, 5.41) is 7.95. The van der Waals surface area contributed by atoms with E-state index in [2.05, 4.69) is 36.3 Å². The molecule has 8 nitrogen and oxygen atoms in total. The minimum Gasteiger partial charge on any atom is -0.664 e. The van der Waals surface area contributed by atoms with Gasteiger partial charge in [-0.05, 0) is 56.7 Å². The summed E-state index contributed by atoms with van der Waals surface area (Å²) in [6, 6.07) is -0.289. The lowest BCUT2D eigenvalue weighted by molar-refractivity contribution is -0.132. The third-order valence-corrected chi connectivity index (χ3v) is 7.78. The molecule has 5 N–H and O–H groups in total. The Balaban J connectivity index is 2.05. The normalized spacial score (nSPS) is 16.5. The Morgan fingerprint density at radius 2 is 1.94 bits per heavy atom. The van der Waals surface area contributed by atoms with Crippen molar-refractivity contribution < 1.29 is 9.59 Å². The predicted molar refractivity (Wildman–Crippen MR) is 139 cm³/mol. The molecule has 188 valence electrons. The summed E-state index contributed by atoms with van der Waals surface area (Å²) in [6.07, 6.45) is 5.21. The first-order valence-electron chi connectivity index (χ1n) is 12.4. The van der Waals surface area contributed by atoms with Crippen LogP contribution in [0, 0.1) is 11.8 Å². The Labute approximate surface area is 203 Å². The molecule has 2 rings (SSSR count). The number of nitrogen functional groups attached to an aromatic ring is 2. The number of urea groups is 1. The molecule has 1 heterocycles. The van der Waals surface area contributed by atoms with Crippen LogP contribution in [0.15, 0.2) is 0 Å². The van der Waals surface area contributed by atoms with Gasteiger partial charge in [0.05, 0.1) is 5.69 Å². The van der Waals surface area contributed by atoms with E-state index < -0.39 is 0 Å². The molecule has 0 aromatic carbocycles. The molecule has 0 fully saturated rings. The molecule has 0 radical (unpaired) electrons. The number of aryl methyl sites for hydroxylation is 1. The number of thiophene rings is 1. The monoisotopic (exact) mass is 479 g/mol. The van der Waals surface area contributed by atoms with Gasteiger partial charge >= 0.3 is 6.03 Å². The second-order valence-corrected chi connectivity index (χ2v) is 10.1. The standard InChI is InChI=1S/C24H43N6O2S/c1-5-8-12-30(24(32)28-11-13-29(6-2)7-3)23(31)18(16-27-4)14-17-9-10-20-19(15-17)21(25)22(26)33-20/h17-18H,5-16,25-26H2,1-4H3,(H,28,32)/q-1/t17-,18?/m1/s1. The predicted octanol–water partition coefficient (Wildman–Crippen LogP) is 3.71. The van der Waals surface area contributed by atoms with E-state index in [-0.39, 0.29) is 17.9 Å². The number of fused-ring (bicyclic) bond motifs is 1. The van der Waals surface area contributed by atoms with Gasteiger partial charge in [0.1, 0.15) is 5.00 Å². The molecule has 1 aromatic heterocycles. The van der Waals surface area contributed by atoms with Gasteiger partial charge in [-0.1, -0.05) is 27.2 Å². The minimum absolute atomic E-state index is 0.113. The molecular formula is C24H43N6O2S-. The first-order chi connectivity index (χ1) is 15.9. The smallest absolute Gasteiger partial charge is 0.324 e. The fraction of sp³-hybridized carbons (Fsp3) is 0.750. The van der Waals surface area contributed by atoms with Gasteiger partial charge in [0, 0.05) is 30.4 Å². The number of carbonyl (C=O) groups is 2. The van der Waals surface area contributed by atoms with Crippen molar-refractivity contribution in [1.82, 2.24) is 15.1 Å². The molecule has 2 atom stereocenters. The zero-order valence-electron chi connectivity index (χ0n) is 20.9. The third kappa shape index (κ3) is 7.58. The number of rotatable bonds is 13. The maximum Gasteiger partial charge on any atom is 0.324 e. The van der Waals surface area contributed by atoms with Crippen LogP contribution < -0.4 is 16.8 Å². The fourth-order valence-electron chi connectivity index (χ4n) is 4.58. The zero-order valence-corrected chi connectivity index (χ0v) is 21.7. The number of unbranched alkanes of at least 4 members (excludes halogenated alkanes) is 1. The van der Waals surface area contributed by atoms with Gasteiger partial charge in [-0.25, -0.2) is 4.79 Å². The SMILES string of the molecule is CCCCN(C(=O)NCCN(CC)CC)C(=O)C(C[N-]C)C[C@H]1CCc2sc(N)c(N)c2C1. The number of nitrogens with zero attached hydrogens (tertiary/aromatic N) is 3. The minimum atomic E-state index is -0.302. The van der Waals surface area contributed by atoms with Crippen molar-refractivity contribution in [2.45, 2.75) is 59.3 Å². The molecule has 0 saturated carbocycles. The highest BCUT2D eigenvalue weighted by atomic mass is 32.1. The van der Waals surface area contributed by atoms with Crippen LogP contribution in [0.2, 0.25) is 0 Å². The van der Waals surface area contributed by atoms with E-state index in [1.54, 1.807) is 18.4 Å². The van der Waals surface area contributed by atoms with E-state index in [1.807, 2.05) is 0 Å². The van der Waals surface area contributed by atoms with Crippen LogP contribution in [0.25, 0.3) is 5.32 Å². The molecule has 3 amide bonds. The summed E-state index contributed by atoms with van der Waals surface area (Å²) < 4.78 is 0. The van der Waals surface area contributed by atoms with Crippen molar-refractivity contribution >= 4 is 34.0 Å². The number of carbonyl (C=O) groups excluding carboxylic acids is 2. The molecule has 1 aliphatic carbocycles. The topological polar surface area (TPSA) is 119 Å². The van der Waals surface area contributed by atoms with Crippen LogP contribution in [-0.4, -0.2) is 68.1 Å². The van der Waals surface area contributed by atoms with Crippen LogP contribution in [-0.2, 0) is 17.6 Å². The first kappa shape index (κ1) is 27.4. The molecule has 0 bridgehead atoms. The summed E-state index contributed by atoms with van der Waals surface area (Å²) in [6.45, 7) is 10.3. The van der Waals surface area contributed by atoms with E-state index in [1.165, 1.54) is 9.78 Å². The van der Waals surface area contributed by atoms with Crippen LogP contribution in [0.4, 0.5) is 15.5 Å². The van der Waals surface area contributed by atoms with Crippen LogP contribution in [0.1, 0.15) is 56.9 Å². The molecule has 33 heavy (non-hydrogen) atoms. The largest absolute Gasteiger partial charge is 0.664 e. The highest BCUT2D eigenvalue weighted by molar-refractivity contribution is 7.16. The van der Waals surface area contributed by atoms with Crippen LogP contribution in [0.3, 0.4) is 0 Å². The second kappa shape index (κ2) is 13.8. The van der Waals surface area contributed by atoms with Gasteiger partial charge in [0.2, 0.25) is 5.91 Å². The van der Waals surface area contributed by atoms with E-state index in [0.29, 0.717) is 42.7 Å². The summed E-state index contributed by atoms with van der Waals surface area (Å²) in [5.41, 5.74) is 14.1. The number of nitrogens with two attached hydrogens (primary N) is 2. The summed E-state index contributed by atoms with van der Waals surface area (Å²) in [5.74, 6) is -0.0783. The second-order valence-electron chi connectivity index (χ2n) is 8.92. The average molecular weight is 480 g/mol. The van der Waals surface area contributed by atoms with Gasteiger partial charge in [-0.2, -0.15) is 7.05 Å². The lowest BCUT2D eigenvalue weighted by atomic mass is 9.81. The molecule has 0 spiro atoms. The van der Waals surface area contributed by atoms with E-state index in [0.717, 1.165) is 57.3 Å². The number of hydrogen-bond donors (Lipinski definition) is 3. The average Bonchev–Trinajstić information content (AvgIpc) is 3.09. The Hall–Kier alpha value is -1.84. The van der Waals surface area contributed by atoms with Crippen molar-refractivity contribution in [3.05, 3.63) is 15.8 Å². The number of nitrogens with one attached hydrogen (secondary N) is 1. The van der Waals surface area contributed by atoms with Gasteiger partial charge in [-0.15, -0.1) is 17.9 Å². The highest BCUT2D eigenvalue weighted by Crippen LogP contribution is 2.41. The van der Waals surface area contributed by atoms with Crippen molar-refractivity contribution in [3.8, 4) is 0 Å². The van der Waals surface area contributed by atoms with Crippen molar-refractivity contribution in [2.24, 2.45) is 11.8 Å². The van der Waals surface area contributed by atoms with Gasteiger partial charge in [-0.3, -0.25) is 9.69 Å². The van der Waals surface area contributed by atoms with E-state index in [4.69, 9.17) is 11.5 Å². The Morgan fingerprint density at radius 3 is 2.58 bits per heavy atom. The number of amides is 3. The van der Waals surface area contributed by atoms with Gasteiger partial charge in [0.25, 0.3) is 0 Å². The molecule has 1 unspecified atom stereocenters. The van der Waals surface area contributed by atoms with E-state index in [9.17, 15) is 9.59 Å². The quantitative estimate of drug-likeness (QED) is 0.398. The lowest BCUT2D eigenvalue weighted by Gasteiger charge is -2.33. The number of imide groups is 1. The maximum atomic E-state index is 13.5. The molecule has 9 heteroatoms. The zero-order chi connectivity index (χ0) is 24.4. The summed E-state index contributed by atoms with van der Waals surface area (Å²) in [4.78, 5) is 31.5. The maximum absolute atomic E-state index is 13.5. The van der Waals surface area contributed by atoms with Crippen molar-refractivity contribution in [3.63, 3.8) is 0 Å². The summed E-state index contributed by atoms with van der Waals surface area (Å²) in [7, 11) is 1.73. The molecule has 1 aromatic rings. The van der Waals surface area contributed by atoms with Gasteiger partial charge in [0.15, 0.2) is 0 Å². The van der Waals surface area contributed by atoms with Crippen LogP contribution >= 0.6 is 11.3 Å². The molecule has 1 aliphatic rings. The van der Waals surface area contributed by atoms with Crippen LogP contribution in [0.5, 0.6) is 0 Å². The third-order valence-electron chi connectivity index (χ3n) is 6.65. The van der Waals surface area contributed by atoms with Gasteiger partial charge < -0.3 is 27.0 Å². The van der Waals surface area contributed by atoms with Crippen molar-refractivity contribution in [2.75, 3.05) is 57.8 Å². The Bertz CT molecular complexity index is 764. The summed E-state index contributed by atoms with van der Waals surface area (Å²) >= 11 is 1.59.